The summed E-state index contributed by atoms with van der Waals surface area (Å²) in [7, 11) is 2.01. The summed E-state index contributed by atoms with van der Waals surface area (Å²) in [5.41, 5.74) is 4.01. The number of benzene rings is 1. The largest absolute Gasteiger partial charge is 0.310 e. The highest BCUT2D eigenvalue weighted by molar-refractivity contribution is 5.25. The zero-order valence-electron chi connectivity index (χ0n) is 12.8. The number of nitrogens with one attached hydrogen (secondary N) is 1. The molecule has 1 aromatic carbocycles. The average Bonchev–Trinajstić information content (AvgIpc) is 2.84. The van der Waals surface area contributed by atoms with Gasteiger partial charge >= 0.3 is 0 Å². The van der Waals surface area contributed by atoms with Crippen LogP contribution >= 0.6 is 0 Å². The van der Waals surface area contributed by atoms with E-state index in [4.69, 9.17) is 0 Å². The quantitative estimate of drug-likeness (QED) is 0.836. The Morgan fingerprint density at radius 1 is 1.30 bits per heavy atom. The number of hydrogen-bond donors (Lipinski definition) is 1. The van der Waals surface area contributed by atoms with Crippen molar-refractivity contribution in [1.82, 2.24) is 15.1 Å². The molecule has 1 heterocycles. The van der Waals surface area contributed by atoms with Gasteiger partial charge in [0.2, 0.25) is 0 Å². The van der Waals surface area contributed by atoms with Gasteiger partial charge in [-0.05, 0) is 44.4 Å². The minimum absolute atomic E-state index is 0.421. The smallest absolute Gasteiger partial charge is 0.0492 e. The molecule has 20 heavy (non-hydrogen) atoms. The Kier molecular flexibility index (Phi) is 5.36. The average molecular weight is 271 g/mol. The van der Waals surface area contributed by atoms with Gasteiger partial charge in [0.15, 0.2) is 0 Å². The molecule has 0 aliphatic heterocycles. The summed E-state index contributed by atoms with van der Waals surface area (Å²) in [6.45, 7) is 5.42. The minimum atomic E-state index is 0.421. The molecule has 0 saturated carbocycles. The first kappa shape index (κ1) is 14.8. The van der Waals surface area contributed by atoms with Gasteiger partial charge in [0.1, 0.15) is 0 Å². The van der Waals surface area contributed by atoms with Crippen LogP contribution in [0.15, 0.2) is 36.5 Å². The molecule has 2 rings (SSSR count). The van der Waals surface area contributed by atoms with Crippen LogP contribution in [0.4, 0.5) is 0 Å². The van der Waals surface area contributed by atoms with Crippen molar-refractivity contribution in [2.45, 2.75) is 39.2 Å². The maximum absolute atomic E-state index is 4.24. The molecule has 3 nitrogen and oxygen atoms in total. The summed E-state index contributed by atoms with van der Waals surface area (Å²) in [4.78, 5) is 0. The fourth-order valence-electron chi connectivity index (χ4n) is 2.53. The maximum Gasteiger partial charge on any atom is 0.0492 e. The van der Waals surface area contributed by atoms with Crippen LogP contribution in [0, 0.1) is 6.92 Å². The first-order valence-corrected chi connectivity index (χ1v) is 7.47. The molecule has 1 unspecified atom stereocenters. The monoisotopic (exact) mass is 271 g/mol. The molecule has 1 N–H and O–H groups in total. The van der Waals surface area contributed by atoms with Crippen molar-refractivity contribution in [2.24, 2.45) is 7.05 Å². The Bertz CT molecular complexity index is 531. The van der Waals surface area contributed by atoms with E-state index in [0.29, 0.717) is 6.04 Å². The van der Waals surface area contributed by atoms with Crippen LogP contribution in [-0.2, 0) is 13.5 Å². The van der Waals surface area contributed by atoms with E-state index < -0.39 is 0 Å². The van der Waals surface area contributed by atoms with Crippen LogP contribution in [0.5, 0.6) is 0 Å². The minimum Gasteiger partial charge on any atom is -0.310 e. The fraction of sp³-hybridized carbons (Fsp3) is 0.471. The number of aromatic nitrogens is 2. The third-order valence-corrected chi connectivity index (χ3v) is 3.70. The highest BCUT2D eigenvalue weighted by atomic mass is 15.2. The van der Waals surface area contributed by atoms with Crippen molar-refractivity contribution >= 4 is 0 Å². The first-order chi connectivity index (χ1) is 9.70. The molecule has 0 aliphatic rings. The molecule has 0 spiro atoms. The van der Waals surface area contributed by atoms with Crippen LogP contribution in [0.25, 0.3) is 0 Å². The lowest BCUT2D eigenvalue weighted by Crippen LogP contribution is -2.23. The second-order valence-electron chi connectivity index (χ2n) is 5.41. The van der Waals surface area contributed by atoms with Crippen molar-refractivity contribution in [3.8, 4) is 0 Å². The molecule has 0 bridgehead atoms. The Hall–Kier alpha value is -1.61. The summed E-state index contributed by atoms with van der Waals surface area (Å²) in [6, 6.07) is 11.3. The lowest BCUT2D eigenvalue weighted by molar-refractivity contribution is 0.491. The Morgan fingerprint density at radius 3 is 2.80 bits per heavy atom. The zero-order chi connectivity index (χ0) is 14.4. The Balaban J connectivity index is 2.05. The van der Waals surface area contributed by atoms with Crippen LogP contribution in [0.2, 0.25) is 0 Å². The lowest BCUT2D eigenvalue weighted by Gasteiger charge is -2.19. The van der Waals surface area contributed by atoms with Gasteiger partial charge < -0.3 is 5.32 Å². The first-order valence-electron chi connectivity index (χ1n) is 7.47. The SMILES string of the molecule is CCCNC(CCc1ccnn1C)c1cccc(C)c1. The van der Waals surface area contributed by atoms with Crippen LogP contribution in [0.1, 0.15) is 42.6 Å². The molecule has 1 atom stereocenters. The molecule has 0 radical (unpaired) electrons. The molecule has 0 amide bonds. The molecule has 1 aromatic heterocycles. The van der Waals surface area contributed by atoms with Gasteiger partial charge in [-0.15, -0.1) is 0 Å². The van der Waals surface area contributed by atoms with Crippen LogP contribution < -0.4 is 5.32 Å². The zero-order valence-corrected chi connectivity index (χ0v) is 12.8. The molecular weight excluding hydrogens is 246 g/mol. The Morgan fingerprint density at radius 2 is 2.15 bits per heavy atom. The van der Waals surface area contributed by atoms with Gasteiger partial charge in [-0.1, -0.05) is 36.8 Å². The molecule has 0 fully saturated rings. The second-order valence-corrected chi connectivity index (χ2v) is 5.41. The number of rotatable bonds is 7. The van der Waals surface area contributed by atoms with E-state index in [0.717, 1.165) is 25.8 Å². The van der Waals surface area contributed by atoms with E-state index in [1.54, 1.807) is 0 Å². The van der Waals surface area contributed by atoms with E-state index in [1.807, 2.05) is 17.9 Å². The van der Waals surface area contributed by atoms with Crippen molar-refractivity contribution in [3.63, 3.8) is 0 Å². The molecule has 3 heteroatoms. The van der Waals surface area contributed by atoms with E-state index in [9.17, 15) is 0 Å². The highest BCUT2D eigenvalue weighted by Crippen LogP contribution is 2.20. The number of hydrogen-bond acceptors (Lipinski definition) is 2. The molecule has 2 aromatic rings. The summed E-state index contributed by atoms with van der Waals surface area (Å²) in [5.74, 6) is 0. The highest BCUT2D eigenvalue weighted by Gasteiger charge is 2.11. The topological polar surface area (TPSA) is 29.9 Å². The van der Waals surface area contributed by atoms with Gasteiger partial charge in [-0.2, -0.15) is 5.10 Å². The third kappa shape index (κ3) is 3.94. The van der Waals surface area contributed by atoms with Gasteiger partial charge in [0, 0.05) is 25.0 Å². The Labute approximate surface area is 122 Å². The standard InChI is InChI=1S/C17H25N3/c1-4-11-18-17(15-7-5-6-14(2)13-15)9-8-16-10-12-19-20(16)3/h5-7,10,12-13,17-18H,4,8-9,11H2,1-3H3. The predicted octanol–water partition coefficient (Wildman–Crippen LogP) is 3.40. The normalized spacial score (nSPS) is 12.6. The molecule has 0 saturated heterocycles. The van der Waals surface area contributed by atoms with Crippen LogP contribution in [0.3, 0.4) is 0 Å². The van der Waals surface area contributed by atoms with Gasteiger partial charge in [-0.3, -0.25) is 4.68 Å². The summed E-state index contributed by atoms with van der Waals surface area (Å²) in [6.07, 6.45) is 5.18. The molecule has 108 valence electrons. The number of aryl methyl sites for hydroxylation is 3. The van der Waals surface area contributed by atoms with Gasteiger partial charge in [-0.25, -0.2) is 0 Å². The van der Waals surface area contributed by atoms with Gasteiger partial charge in [0.25, 0.3) is 0 Å². The van der Waals surface area contributed by atoms with Crippen molar-refractivity contribution in [2.75, 3.05) is 6.54 Å². The van der Waals surface area contributed by atoms with Crippen molar-refractivity contribution in [3.05, 3.63) is 53.3 Å². The van der Waals surface area contributed by atoms with E-state index in [-0.39, 0.29) is 0 Å². The van der Waals surface area contributed by atoms with E-state index >= 15 is 0 Å². The number of nitrogens with zero attached hydrogens (tertiary/aromatic N) is 2. The molecular formula is C17H25N3. The fourth-order valence-corrected chi connectivity index (χ4v) is 2.53. The van der Waals surface area contributed by atoms with Gasteiger partial charge in [0.05, 0.1) is 0 Å². The van der Waals surface area contributed by atoms with E-state index in [1.165, 1.54) is 16.8 Å². The summed E-state index contributed by atoms with van der Waals surface area (Å²) >= 11 is 0. The van der Waals surface area contributed by atoms with Crippen molar-refractivity contribution in [1.29, 1.82) is 0 Å². The second kappa shape index (κ2) is 7.25. The summed E-state index contributed by atoms with van der Waals surface area (Å²) < 4.78 is 1.97. The lowest BCUT2D eigenvalue weighted by atomic mass is 9.99. The van der Waals surface area contributed by atoms with Crippen molar-refractivity contribution < 1.29 is 0 Å². The van der Waals surface area contributed by atoms with Crippen LogP contribution in [-0.4, -0.2) is 16.3 Å². The maximum atomic E-state index is 4.24. The third-order valence-electron chi connectivity index (χ3n) is 3.70. The predicted molar refractivity (Wildman–Crippen MR) is 83.7 cm³/mol. The molecule has 0 aliphatic carbocycles. The summed E-state index contributed by atoms with van der Waals surface area (Å²) in [5, 5.41) is 7.91. The van der Waals surface area contributed by atoms with E-state index in [2.05, 4.69) is 54.6 Å².